The molecule has 5 rings (SSSR count). The summed E-state index contributed by atoms with van der Waals surface area (Å²) in [6.45, 7) is 1.96. The Morgan fingerprint density at radius 2 is 1.79 bits per heavy atom. The minimum absolute atomic E-state index is 0.0384. The molecule has 8 heteroatoms. The Balaban J connectivity index is 1.25. The van der Waals surface area contributed by atoms with Crippen LogP contribution in [0.5, 0.6) is 11.5 Å². The molecule has 0 spiro atoms. The maximum absolute atomic E-state index is 13.1. The number of carbonyl (C=O) groups excluding carboxylic acids is 1. The number of ether oxygens (including phenoxy) is 2. The number of fused-ring (bicyclic) bond motifs is 1. The van der Waals surface area contributed by atoms with Crippen LogP contribution < -0.4 is 20.5 Å². The molecular formula is C30H33N3O4S. The number of para-hydroxylation sites is 1. The van der Waals surface area contributed by atoms with E-state index < -0.39 is 0 Å². The summed E-state index contributed by atoms with van der Waals surface area (Å²) < 4.78 is 12.5. The smallest absolute Gasteiger partial charge is 0.326 e. The van der Waals surface area contributed by atoms with E-state index >= 15 is 0 Å². The summed E-state index contributed by atoms with van der Waals surface area (Å²) in [7, 11) is 3.30. The number of rotatable bonds is 8. The molecular weight excluding hydrogens is 498 g/mol. The topological polar surface area (TPSA) is 85.4 Å². The van der Waals surface area contributed by atoms with Crippen molar-refractivity contribution < 1.29 is 14.3 Å². The number of aromatic amines is 1. The number of hydrogen-bond acceptors (Lipinski definition) is 5. The number of nitrogens with zero attached hydrogens (tertiary/aromatic N) is 1. The molecule has 1 heterocycles. The second-order valence-electron chi connectivity index (χ2n) is 9.77. The Hall–Kier alpha value is -3.65. The van der Waals surface area contributed by atoms with Gasteiger partial charge in [0.05, 0.1) is 25.3 Å². The lowest BCUT2D eigenvalue weighted by Crippen LogP contribution is -2.31. The maximum Gasteiger partial charge on any atom is 0.326 e. The van der Waals surface area contributed by atoms with Crippen LogP contribution in [0.15, 0.2) is 70.4 Å². The van der Waals surface area contributed by atoms with Crippen molar-refractivity contribution in [2.24, 2.45) is 5.92 Å². The number of anilines is 1. The maximum atomic E-state index is 13.1. The van der Waals surface area contributed by atoms with Gasteiger partial charge in [-0.1, -0.05) is 18.2 Å². The highest BCUT2D eigenvalue weighted by atomic mass is 32.2. The molecule has 1 saturated carbocycles. The molecule has 0 atom stereocenters. The summed E-state index contributed by atoms with van der Waals surface area (Å²) in [5, 5.41) is 3.06. The second kappa shape index (κ2) is 11.4. The SMILES string of the molecule is COc1ccc(CSc2cccc3c2[nH]c(=O)n3C2CCC(C(=O)Nc3ccc(OC)c(C)c3)CC2)cc1. The van der Waals surface area contributed by atoms with Gasteiger partial charge in [0.1, 0.15) is 11.5 Å². The number of thioether (sulfide) groups is 1. The highest BCUT2D eigenvalue weighted by Crippen LogP contribution is 2.36. The van der Waals surface area contributed by atoms with Gasteiger partial charge in [-0.05, 0) is 86.2 Å². The lowest BCUT2D eigenvalue weighted by Gasteiger charge is -2.28. The number of carbonyl (C=O) groups is 1. The van der Waals surface area contributed by atoms with Crippen LogP contribution in [-0.4, -0.2) is 29.7 Å². The van der Waals surface area contributed by atoms with Gasteiger partial charge in [0.15, 0.2) is 0 Å². The quantitative estimate of drug-likeness (QED) is 0.260. The predicted octanol–water partition coefficient (Wildman–Crippen LogP) is 6.32. The molecule has 3 aromatic carbocycles. The van der Waals surface area contributed by atoms with Crippen LogP contribution in [0.3, 0.4) is 0 Å². The summed E-state index contributed by atoms with van der Waals surface area (Å²) in [6.07, 6.45) is 3.07. The molecule has 198 valence electrons. The fourth-order valence-corrected chi connectivity index (χ4v) is 6.27. The third-order valence-corrected chi connectivity index (χ3v) is 8.49. The van der Waals surface area contributed by atoms with Gasteiger partial charge in [0.25, 0.3) is 0 Å². The van der Waals surface area contributed by atoms with Crippen molar-refractivity contribution in [2.45, 2.75) is 49.3 Å². The third-order valence-electron chi connectivity index (χ3n) is 7.36. The molecule has 0 radical (unpaired) electrons. The molecule has 38 heavy (non-hydrogen) atoms. The van der Waals surface area contributed by atoms with Gasteiger partial charge in [-0.15, -0.1) is 11.8 Å². The Morgan fingerprint density at radius 3 is 2.47 bits per heavy atom. The van der Waals surface area contributed by atoms with Crippen molar-refractivity contribution in [3.8, 4) is 11.5 Å². The van der Waals surface area contributed by atoms with Crippen molar-refractivity contribution in [3.05, 3.63) is 82.3 Å². The Bertz CT molecular complexity index is 1480. The molecule has 1 aromatic heterocycles. The predicted molar refractivity (Wildman–Crippen MR) is 152 cm³/mol. The normalized spacial score (nSPS) is 17.3. The van der Waals surface area contributed by atoms with Crippen molar-refractivity contribution in [1.82, 2.24) is 9.55 Å². The van der Waals surface area contributed by atoms with E-state index in [1.54, 1.807) is 26.0 Å². The van der Waals surface area contributed by atoms with Gasteiger partial charge in [-0.25, -0.2) is 4.79 Å². The van der Waals surface area contributed by atoms with Gasteiger partial charge in [-0.2, -0.15) is 0 Å². The van der Waals surface area contributed by atoms with Gasteiger partial charge >= 0.3 is 5.69 Å². The van der Waals surface area contributed by atoms with E-state index in [1.807, 2.05) is 54.0 Å². The van der Waals surface area contributed by atoms with Crippen LogP contribution in [0.25, 0.3) is 11.0 Å². The number of aromatic nitrogens is 2. The summed E-state index contributed by atoms with van der Waals surface area (Å²) in [6, 6.07) is 19.9. The van der Waals surface area contributed by atoms with Crippen molar-refractivity contribution in [1.29, 1.82) is 0 Å². The van der Waals surface area contributed by atoms with Gasteiger partial charge in [0, 0.05) is 28.3 Å². The van der Waals surface area contributed by atoms with Crippen LogP contribution in [0.1, 0.15) is 42.9 Å². The highest BCUT2D eigenvalue weighted by molar-refractivity contribution is 7.98. The average Bonchev–Trinajstić information content (AvgIpc) is 3.28. The Labute approximate surface area is 226 Å². The monoisotopic (exact) mass is 531 g/mol. The fraction of sp³-hybridized carbons (Fsp3) is 0.333. The third kappa shape index (κ3) is 5.45. The summed E-state index contributed by atoms with van der Waals surface area (Å²) in [4.78, 5) is 30.2. The highest BCUT2D eigenvalue weighted by Gasteiger charge is 2.29. The van der Waals surface area contributed by atoms with E-state index in [9.17, 15) is 9.59 Å². The van der Waals surface area contributed by atoms with Crippen molar-refractivity contribution >= 4 is 34.4 Å². The number of H-pyrrole nitrogens is 1. The number of methoxy groups -OCH3 is 2. The first kappa shape index (κ1) is 26.0. The molecule has 1 aliphatic rings. The number of aryl methyl sites for hydroxylation is 1. The molecule has 2 N–H and O–H groups in total. The van der Waals surface area contributed by atoms with Crippen molar-refractivity contribution in [3.63, 3.8) is 0 Å². The van der Waals surface area contributed by atoms with E-state index in [2.05, 4.69) is 28.5 Å². The molecule has 0 saturated heterocycles. The second-order valence-corrected chi connectivity index (χ2v) is 10.8. The summed E-state index contributed by atoms with van der Waals surface area (Å²) in [5.41, 5.74) is 4.68. The molecule has 0 unspecified atom stereocenters. The van der Waals surface area contributed by atoms with Crippen LogP contribution in [0.4, 0.5) is 5.69 Å². The largest absolute Gasteiger partial charge is 0.497 e. The van der Waals surface area contributed by atoms with E-state index in [0.29, 0.717) is 0 Å². The molecule has 0 bridgehead atoms. The zero-order valence-corrected chi connectivity index (χ0v) is 22.8. The molecule has 0 aliphatic heterocycles. The van der Waals surface area contributed by atoms with Gasteiger partial charge in [-0.3, -0.25) is 9.36 Å². The summed E-state index contributed by atoms with van der Waals surface area (Å²) in [5.74, 6) is 2.41. The molecule has 1 amide bonds. The first-order valence-corrected chi connectivity index (χ1v) is 13.9. The van der Waals surface area contributed by atoms with Crippen LogP contribution in [-0.2, 0) is 10.5 Å². The lowest BCUT2D eigenvalue weighted by molar-refractivity contribution is -0.121. The number of amides is 1. The number of imidazole rings is 1. The zero-order chi connectivity index (χ0) is 26.6. The van der Waals surface area contributed by atoms with E-state index in [4.69, 9.17) is 9.47 Å². The molecule has 1 aliphatic carbocycles. The minimum Gasteiger partial charge on any atom is -0.497 e. The van der Waals surface area contributed by atoms with E-state index in [0.717, 1.165) is 70.1 Å². The summed E-state index contributed by atoms with van der Waals surface area (Å²) >= 11 is 1.71. The Morgan fingerprint density at radius 1 is 1.03 bits per heavy atom. The van der Waals surface area contributed by atoms with Crippen LogP contribution in [0, 0.1) is 12.8 Å². The average molecular weight is 532 g/mol. The van der Waals surface area contributed by atoms with E-state index in [-0.39, 0.29) is 23.6 Å². The Kier molecular flexibility index (Phi) is 7.79. The first-order valence-electron chi connectivity index (χ1n) is 12.9. The molecule has 1 fully saturated rings. The number of hydrogen-bond donors (Lipinski definition) is 2. The zero-order valence-electron chi connectivity index (χ0n) is 22.0. The van der Waals surface area contributed by atoms with Crippen molar-refractivity contribution in [2.75, 3.05) is 19.5 Å². The lowest BCUT2D eigenvalue weighted by atomic mass is 9.85. The first-order chi connectivity index (χ1) is 18.5. The molecule has 4 aromatic rings. The fourth-order valence-electron chi connectivity index (χ4n) is 5.28. The van der Waals surface area contributed by atoms with Crippen LogP contribution >= 0.6 is 11.8 Å². The number of benzene rings is 3. The van der Waals surface area contributed by atoms with E-state index in [1.165, 1.54) is 5.56 Å². The minimum atomic E-state index is -0.0842. The molecule has 7 nitrogen and oxygen atoms in total. The van der Waals surface area contributed by atoms with Gasteiger partial charge < -0.3 is 19.8 Å². The van der Waals surface area contributed by atoms with Gasteiger partial charge in [0.2, 0.25) is 5.91 Å². The standard InChI is InChI=1S/C30H33N3O4S/c1-19-17-22(11-16-26(19)37-3)31-29(34)21-9-12-23(13-10-21)33-25-5-4-6-27(28(25)32-30(33)35)38-18-20-7-14-24(36-2)15-8-20/h4-8,11,14-17,21,23H,9-10,12-13,18H2,1-3H3,(H,31,34)(H,32,35). The number of nitrogens with one attached hydrogen (secondary N) is 2. The van der Waals surface area contributed by atoms with Crippen LogP contribution in [0.2, 0.25) is 0 Å².